The lowest BCUT2D eigenvalue weighted by Gasteiger charge is -2.03. The van der Waals surface area contributed by atoms with E-state index in [2.05, 4.69) is 0 Å². The third-order valence-electron chi connectivity index (χ3n) is 3.39. The van der Waals surface area contributed by atoms with Crippen LogP contribution >= 0.6 is 11.3 Å². The van der Waals surface area contributed by atoms with Crippen molar-refractivity contribution in [3.8, 4) is 5.75 Å². The Labute approximate surface area is 148 Å². The Morgan fingerprint density at radius 1 is 0.960 bits per heavy atom. The zero-order chi connectivity index (χ0) is 17.6. The highest BCUT2D eigenvalue weighted by Crippen LogP contribution is 2.17. The van der Waals surface area contributed by atoms with Gasteiger partial charge in [0.25, 0.3) is 0 Å². The molecule has 0 spiro atoms. The Morgan fingerprint density at radius 3 is 2.40 bits per heavy atom. The molecular weight excluding hydrogens is 339 g/mol. The van der Waals surface area contributed by atoms with Gasteiger partial charge in [-0.3, -0.25) is 4.79 Å². The monoisotopic (exact) mass is 352 g/mol. The van der Waals surface area contributed by atoms with Gasteiger partial charge in [-0.2, -0.15) is 0 Å². The largest absolute Gasteiger partial charge is 0.422 e. The number of esters is 1. The van der Waals surface area contributed by atoms with E-state index in [1.54, 1.807) is 60.0 Å². The van der Waals surface area contributed by atoms with Gasteiger partial charge in [0.05, 0.1) is 0 Å². The van der Waals surface area contributed by atoms with Crippen LogP contribution in [0.5, 0.6) is 5.75 Å². The van der Waals surface area contributed by atoms with Crippen molar-refractivity contribution in [2.75, 3.05) is 0 Å². The Balaban J connectivity index is 1.66. The minimum atomic E-state index is -0.437. The molecule has 0 radical (unpaired) electrons. The Morgan fingerprint density at radius 2 is 1.72 bits per heavy atom. The molecular formula is C20H13FO3S. The van der Waals surface area contributed by atoms with Gasteiger partial charge in [-0.1, -0.05) is 24.3 Å². The molecule has 0 bridgehead atoms. The number of allylic oxidation sites excluding steroid dienone is 1. The molecule has 0 aliphatic carbocycles. The summed E-state index contributed by atoms with van der Waals surface area (Å²) in [7, 11) is 0. The van der Waals surface area contributed by atoms with Gasteiger partial charge < -0.3 is 4.74 Å². The number of ether oxygens (including phenoxy) is 1. The van der Waals surface area contributed by atoms with Crippen LogP contribution in [0.25, 0.3) is 6.08 Å². The van der Waals surface area contributed by atoms with Crippen LogP contribution in [0.2, 0.25) is 0 Å². The third-order valence-corrected chi connectivity index (χ3v) is 4.24. The topological polar surface area (TPSA) is 43.4 Å². The maximum atomic E-state index is 13.5. The molecule has 0 amide bonds. The number of rotatable bonds is 5. The second-order valence-electron chi connectivity index (χ2n) is 5.11. The molecule has 0 fully saturated rings. The first-order valence-corrected chi connectivity index (χ1v) is 8.34. The Hall–Kier alpha value is -3.05. The van der Waals surface area contributed by atoms with Crippen molar-refractivity contribution in [2.24, 2.45) is 0 Å². The first-order valence-electron chi connectivity index (χ1n) is 7.46. The van der Waals surface area contributed by atoms with Gasteiger partial charge in [-0.05, 0) is 53.9 Å². The standard InChI is InChI=1S/C20H13FO3S/c21-17-5-2-1-4-14(17)9-12-18(22)15-7-10-16(11-8-15)24-20(23)19-6-3-13-25-19/h1-13H. The average Bonchev–Trinajstić information content (AvgIpc) is 3.16. The molecule has 3 rings (SSSR count). The van der Waals surface area contributed by atoms with Gasteiger partial charge in [0, 0.05) is 11.1 Å². The average molecular weight is 352 g/mol. The van der Waals surface area contributed by atoms with Crippen molar-refractivity contribution in [3.05, 3.63) is 93.9 Å². The smallest absolute Gasteiger partial charge is 0.353 e. The summed E-state index contributed by atoms with van der Waals surface area (Å²) >= 11 is 1.30. The molecule has 0 atom stereocenters. The number of hydrogen-bond donors (Lipinski definition) is 0. The van der Waals surface area contributed by atoms with Crippen molar-refractivity contribution in [1.82, 2.24) is 0 Å². The fraction of sp³-hybridized carbons (Fsp3) is 0. The van der Waals surface area contributed by atoms with E-state index in [0.29, 0.717) is 21.8 Å². The zero-order valence-electron chi connectivity index (χ0n) is 13.0. The molecule has 1 heterocycles. The first kappa shape index (κ1) is 16.8. The van der Waals surface area contributed by atoms with Crippen LogP contribution in [0.4, 0.5) is 4.39 Å². The number of benzene rings is 2. The molecule has 0 aliphatic heterocycles. The maximum Gasteiger partial charge on any atom is 0.353 e. The predicted octanol–water partition coefficient (Wildman–Crippen LogP) is 5.00. The summed E-state index contributed by atoms with van der Waals surface area (Å²) in [4.78, 5) is 24.5. The van der Waals surface area contributed by atoms with Crippen LogP contribution in [0.15, 0.2) is 72.1 Å². The molecule has 0 unspecified atom stereocenters. The van der Waals surface area contributed by atoms with Gasteiger partial charge in [-0.15, -0.1) is 11.3 Å². The van der Waals surface area contributed by atoms with Gasteiger partial charge in [0.2, 0.25) is 0 Å². The van der Waals surface area contributed by atoms with Crippen molar-refractivity contribution >= 4 is 29.2 Å². The fourth-order valence-corrected chi connectivity index (χ4v) is 2.71. The Kier molecular flexibility index (Phi) is 5.16. The van der Waals surface area contributed by atoms with Crippen molar-refractivity contribution in [3.63, 3.8) is 0 Å². The molecule has 5 heteroatoms. The molecule has 0 saturated heterocycles. The van der Waals surface area contributed by atoms with Crippen LogP contribution in [0.3, 0.4) is 0 Å². The number of hydrogen-bond acceptors (Lipinski definition) is 4. The molecule has 124 valence electrons. The van der Waals surface area contributed by atoms with E-state index in [1.807, 2.05) is 0 Å². The summed E-state index contributed by atoms with van der Waals surface area (Å²) in [6.07, 6.45) is 2.74. The summed E-state index contributed by atoms with van der Waals surface area (Å²) in [5.74, 6) is -0.733. The van der Waals surface area contributed by atoms with E-state index in [4.69, 9.17) is 4.74 Å². The second-order valence-corrected chi connectivity index (χ2v) is 6.06. The summed E-state index contributed by atoms with van der Waals surface area (Å²) in [6.45, 7) is 0. The normalized spacial score (nSPS) is 10.8. The van der Waals surface area contributed by atoms with Gasteiger partial charge in [0.1, 0.15) is 16.4 Å². The second kappa shape index (κ2) is 7.68. The van der Waals surface area contributed by atoms with Crippen molar-refractivity contribution in [1.29, 1.82) is 0 Å². The number of halogens is 1. The molecule has 3 aromatic rings. The van der Waals surface area contributed by atoms with E-state index >= 15 is 0 Å². The van der Waals surface area contributed by atoms with Crippen LogP contribution < -0.4 is 4.74 Å². The highest BCUT2D eigenvalue weighted by Gasteiger charge is 2.10. The predicted molar refractivity (Wildman–Crippen MR) is 95.5 cm³/mol. The quantitative estimate of drug-likeness (QED) is 0.281. The van der Waals surface area contributed by atoms with Gasteiger partial charge in [0.15, 0.2) is 5.78 Å². The Bertz CT molecular complexity index is 912. The van der Waals surface area contributed by atoms with E-state index < -0.39 is 5.97 Å². The summed E-state index contributed by atoms with van der Waals surface area (Å²) in [5.41, 5.74) is 0.765. The number of thiophene rings is 1. The lowest BCUT2D eigenvalue weighted by molar-refractivity contribution is 0.0740. The highest BCUT2D eigenvalue weighted by atomic mass is 32.1. The molecule has 3 nitrogen and oxygen atoms in total. The molecule has 0 aliphatic rings. The van der Waals surface area contributed by atoms with Gasteiger partial charge >= 0.3 is 5.97 Å². The lowest BCUT2D eigenvalue weighted by atomic mass is 10.1. The van der Waals surface area contributed by atoms with Gasteiger partial charge in [-0.25, -0.2) is 9.18 Å². The van der Waals surface area contributed by atoms with Crippen LogP contribution in [-0.4, -0.2) is 11.8 Å². The number of ketones is 1. The number of carbonyl (C=O) groups is 2. The first-order chi connectivity index (χ1) is 12.1. The third kappa shape index (κ3) is 4.28. The maximum absolute atomic E-state index is 13.5. The van der Waals surface area contributed by atoms with Crippen LogP contribution in [-0.2, 0) is 0 Å². The minimum Gasteiger partial charge on any atom is -0.422 e. The van der Waals surface area contributed by atoms with Crippen molar-refractivity contribution < 1.29 is 18.7 Å². The van der Waals surface area contributed by atoms with Crippen LogP contribution in [0, 0.1) is 5.82 Å². The van der Waals surface area contributed by atoms with E-state index in [-0.39, 0.29) is 11.6 Å². The van der Waals surface area contributed by atoms with E-state index in [0.717, 1.165) is 0 Å². The van der Waals surface area contributed by atoms with E-state index in [1.165, 1.54) is 29.6 Å². The zero-order valence-corrected chi connectivity index (χ0v) is 13.8. The summed E-state index contributed by atoms with van der Waals surface area (Å²) < 4.78 is 18.8. The van der Waals surface area contributed by atoms with Crippen molar-refractivity contribution in [2.45, 2.75) is 0 Å². The lowest BCUT2D eigenvalue weighted by Crippen LogP contribution is -2.06. The molecule has 2 aromatic carbocycles. The molecule has 0 saturated carbocycles. The minimum absolute atomic E-state index is 0.264. The molecule has 25 heavy (non-hydrogen) atoms. The number of carbonyl (C=O) groups excluding carboxylic acids is 2. The highest BCUT2D eigenvalue weighted by molar-refractivity contribution is 7.12. The molecule has 1 aromatic heterocycles. The summed E-state index contributed by atoms with van der Waals surface area (Å²) in [6, 6.07) is 15.9. The fourth-order valence-electron chi connectivity index (χ4n) is 2.11. The summed E-state index contributed by atoms with van der Waals surface area (Å²) in [5, 5.41) is 1.79. The SMILES string of the molecule is O=C(C=Cc1ccccc1F)c1ccc(OC(=O)c2cccs2)cc1. The van der Waals surface area contributed by atoms with E-state index in [9.17, 15) is 14.0 Å². The van der Waals surface area contributed by atoms with Crippen LogP contribution in [0.1, 0.15) is 25.6 Å². The molecule has 0 N–H and O–H groups in total.